The minimum Gasteiger partial charge on any atom is -0.339 e. The predicted molar refractivity (Wildman–Crippen MR) is 89.0 cm³/mol. The van der Waals surface area contributed by atoms with Gasteiger partial charge in [-0.3, -0.25) is 4.79 Å². The number of nitrogens with two attached hydrogens (primary N) is 1. The average Bonchev–Trinajstić information content (AvgIpc) is 2.42. The highest BCUT2D eigenvalue weighted by molar-refractivity contribution is 5.79. The number of benzene rings is 1. The van der Waals surface area contributed by atoms with Crippen molar-refractivity contribution in [3.8, 4) is 0 Å². The van der Waals surface area contributed by atoms with Crippen molar-refractivity contribution in [2.24, 2.45) is 17.1 Å². The van der Waals surface area contributed by atoms with Gasteiger partial charge in [-0.1, -0.05) is 50.6 Å². The fourth-order valence-corrected chi connectivity index (χ4v) is 2.56. The normalized spacial score (nSPS) is 14.6. The molecule has 21 heavy (non-hydrogen) atoms. The molecule has 0 spiro atoms. The zero-order valence-electron chi connectivity index (χ0n) is 14.3. The van der Waals surface area contributed by atoms with Gasteiger partial charge in [0.05, 0.1) is 12.0 Å². The Morgan fingerprint density at radius 3 is 2.19 bits per heavy atom. The standard InChI is InChI=1S/C18H30N2O/c1-13-7-9-15(10-8-13)14(2)20(6)17(21)16(12-19)11-18(3,4)5/h7-10,14,16H,11-12,19H2,1-6H3. The van der Waals surface area contributed by atoms with Crippen LogP contribution in [0.15, 0.2) is 24.3 Å². The third kappa shape index (κ3) is 5.16. The third-order valence-corrected chi connectivity index (χ3v) is 3.98. The number of nitrogens with zero attached hydrogens (tertiary/aromatic N) is 1. The largest absolute Gasteiger partial charge is 0.339 e. The van der Waals surface area contributed by atoms with Gasteiger partial charge in [-0.05, 0) is 31.2 Å². The minimum absolute atomic E-state index is 0.0621. The summed E-state index contributed by atoms with van der Waals surface area (Å²) in [5.41, 5.74) is 8.32. The van der Waals surface area contributed by atoms with Gasteiger partial charge in [0.1, 0.15) is 0 Å². The zero-order valence-corrected chi connectivity index (χ0v) is 14.3. The minimum atomic E-state index is -0.108. The van der Waals surface area contributed by atoms with E-state index in [2.05, 4.69) is 58.9 Å². The molecule has 0 saturated carbocycles. The van der Waals surface area contributed by atoms with Gasteiger partial charge in [0, 0.05) is 13.6 Å². The van der Waals surface area contributed by atoms with Crippen molar-refractivity contribution < 1.29 is 4.79 Å². The SMILES string of the molecule is Cc1ccc(C(C)N(C)C(=O)C(CN)CC(C)(C)C)cc1. The molecule has 2 unspecified atom stereocenters. The van der Waals surface area contributed by atoms with E-state index in [1.165, 1.54) is 5.56 Å². The van der Waals surface area contributed by atoms with Gasteiger partial charge in [-0.15, -0.1) is 0 Å². The van der Waals surface area contributed by atoms with Crippen LogP contribution in [0.1, 0.15) is 51.3 Å². The van der Waals surface area contributed by atoms with Gasteiger partial charge >= 0.3 is 0 Å². The number of hydrogen-bond acceptors (Lipinski definition) is 2. The molecule has 0 radical (unpaired) electrons. The van der Waals surface area contributed by atoms with Crippen LogP contribution in [-0.4, -0.2) is 24.4 Å². The fourth-order valence-electron chi connectivity index (χ4n) is 2.56. The van der Waals surface area contributed by atoms with Crippen molar-refractivity contribution in [3.63, 3.8) is 0 Å². The van der Waals surface area contributed by atoms with Crippen molar-refractivity contribution in [2.75, 3.05) is 13.6 Å². The highest BCUT2D eigenvalue weighted by Gasteiger charge is 2.28. The summed E-state index contributed by atoms with van der Waals surface area (Å²) < 4.78 is 0. The quantitative estimate of drug-likeness (QED) is 0.901. The smallest absolute Gasteiger partial charge is 0.227 e. The number of amides is 1. The lowest BCUT2D eigenvalue weighted by Crippen LogP contribution is -2.39. The molecule has 1 rings (SSSR count). The number of carbonyl (C=O) groups excluding carboxylic acids is 1. The van der Waals surface area contributed by atoms with Crippen LogP contribution < -0.4 is 5.73 Å². The lowest BCUT2D eigenvalue weighted by molar-refractivity contribution is -0.136. The monoisotopic (exact) mass is 290 g/mol. The van der Waals surface area contributed by atoms with E-state index in [0.717, 1.165) is 12.0 Å². The van der Waals surface area contributed by atoms with Crippen LogP contribution in [-0.2, 0) is 4.79 Å². The van der Waals surface area contributed by atoms with Crippen molar-refractivity contribution in [1.29, 1.82) is 0 Å². The summed E-state index contributed by atoms with van der Waals surface area (Å²) in [5, 5.41) is 0. The first-order chi connectivity index (χ1) is 9.65. The second-order valence-corrected chi connectivity index (χ2v) is 7.23. The number of aryl methyl sites for hydroxylation is 1. The molecule has 118 valence electrons. The van der Waals surface area contributed by atoms with Crippen LogP contribution in [0.25, 0.3) is 0 Å². The molecule has 1 aromatic rings. The first-order valence-electron chi connectivity index (χ1n) is 7.69. The van der Waals surface area contributed by atoms with Crippen molar-refractivity contribution in [1.82, 2.24) is 4.90 Å². The fraction of sp³-hybridized carbons (Fsp3) is 0.611. The Hall–Kier alpha value is -1.35. The summed E-state index contributed by atoms with van der Waals surface area (Å²) in [4.78, 5) is 14.5. The van der Waals surface area contributed by atoms with Crippen LogP contribution in [0, 0.1) is 18.3 Å². The molecular formula is C18H30N2O. The molecule has 0 aliphatic carbocycles. The molecule has 2 atom stereocenters. The summed E-state index contributed by atoms with van der Waals surface area (Å²) >= 11 is 0. The van der Waals surface area contributed by atoms with Gasteiger partial charge in [-0.25, -0.2) is 0 Å². The Bertz CT molecular complexity index is 459. The van der Waals surface area contributed by atoms with Gasteiger partial charge < -0.3 is 10.6 Å². The Morgan fingerprint density at radius 1 is 1.24 bits per heavy atom. The van der Waals surface area contributed by atoms with Crippen LogP contribution >= 0.6 is 0 Å². The number of hydrogen-bond donors (Lipinski definition) is 1. The maximum absolute atomic E-state index is 12.7. The second-order valence-electron chi connectivity index (χ2n) is 7.23. The molecule has 0 saturated heterocycles. The van der Waals surface area contributed by atoms with Gasteiger partial charge in [-0.2, -0.15) is 0 Å². The summed E-state index contributed by atoms with van der Waals surface area (Å²) in [6.07, 6.45) is 0.813. The Labute approximate surface area is 129 Å². The molecule has 0 heterocycles. The Kier molecular flexibility index (Phi) is 5.97. The lowest BCUT2D eigenvalue weighted by atomic mass is 9.84. The van der Waals surface area contributed by atoms with Crippen molar-refractivity contribution >= 4 is 5.91 Å². The summed E-state index contributed by atoms with van der Waals surface area (Å²) in [7, 11) is 1.87. The number of rotatable bonds is 5. The van der Waals surface area contributed by atoms with Crippen molar-refractivity contribution in [2.45, 2.75) is 47.1 Å². The molecule has 2 N–H and O–H groups in total. The van der Waals surface area contributed by atoms with E-state index in [1.54, 1.807) is 0 Å². The maximum Gasteiger partial charge on any atom is 0.227 e. The topological polar surface area (TPSA) is 46.3 Å². The highest BCUT2D eigenvalue weighted by atomic mass is 16.2. The van der Waals surface area contributed by atoms with E-state index >= 15 is 0 Å². The van der Waals surface area contributed by atoms with E-state index in [-0.39, 0.29) is 23.3 Å². The Balaban J connectivity index is 2.82. The maximum atomic E-state index is 12.7. The van der Waals surface area contributed by atoms with E-state index in [9.17, 15) is 4.79 Å². The lowest BCUT2D eigenvalue weighted by Gasteiger charge is -2.31. The average molecular weight is 290 g/mol. The first kappa shape index (κ1) is 17.7. The molecule has 0 bridgehead atoms. The molecular weight excluding hydrogens is 260 g/mol. The summed E-state index contributed by atoms with van der Waals surface area (Å²) in [6, 6.07) is 8.40. The van der Waals surface area contributed by atoms with Crippen molar-refractivity contribution in [3.05, 3.63) is 35.4 Å². The van der Waals surface area contributed by atoms with Crippen LogP contribution in [0.5, 0.6) is 0 Å². The second kappa shape index (κ2) is 7.08. The molecule has 0 aromatic heterocycles. The molecule has 0 aliphatic rings. The molecule has 0 fully saturated rings. The zero-order chi connectivity index (χ0) is 16.2. The molecule has 3 nitrogen and oxygen atoms in total. The molecule has 1 amide bonds. The van der Waals surface area contributed by atoms with E-state index < -0.39 is 0 Å². The van der Waals surface area contributed by atoms with Gasteiger partial charge in [0.2, 0.25) is 5.91 Å². The molecule has 1 aromatic carbocycles. The van der Waals surface area contributed by atoms with Gasteiger partial charge in [0.25, 0.3) is 0 Å². The van der Waals surface area contributed by atoms with E-state index in [4.69, 9.17) is 5.73 Å². The van der Waals surface area contributed by atoms with E-state index in [1.807, 2.05) is 11.9 Å². The number of carbonyl (C=O) groups is 1. The van der Waals surface area contributed by atoms with Crippen LogP contribution in [0.2, 0.25) is 0 Å². The first-order valence-corrected chi connectivity index (χ1v) is 7.69. The Morgan fingerprint density at radius 2 is 1.76 bits per heavy atom. The highest BCUT2D eigenvalue weighted by Crippen LogP contribution is 2.27. The summed E-state index contributed by atoms with van der Waals surface area (Å²) in [6.45, 7) is 11.0. The van der Waals surface area contributed by atoms with Gasteiger partial charge in [0.15, 0.2) is 0 Å². The summed E-state index contributed by atoms with van der Waals surface area (Å²) in [5.74, 6) is 0.0309. The molecule has 3 heteroatoms. The van der Waals surface area contributed by atoms with Crippen LogP contribution in [0.4, 0.5) is 0 Å². The third-order valence-electron chi connectivity index (χ3n) is 3.98. The predicted octanol–water partition coefficient (Wildman–Crippen LogP) is 3.53. The van der Waals surface area contributed by atoms with Crippen LogP contribution in [0.3, 0.4) is 0 Å². The molecule has 0 aliphatic heterocycles. The van der Waals surface area contributed by atoms with E-state index in [0.29, 0.717) is 6.54 Å².